The second-order valence-electron chi connectivity index (χ2n) is 19.3. The lowest BCUT2D eigenvalue weighted by Crippen LogP contribution is -2.28. The minimum absolute atomic E-state index is 0.0706. The van der Waals surface area contributed by atoms with Crippen LogP contribution in [0.1, 0.15) is 81.7 Å². The van der Waals surface area contributed by atoms with Crippen LogP contribution in [0.3, 0.4) is 0 Å². The Morgan fingerprint density at radius 2 is 1.02 bits per heavy atom. The summed E-state index contributed by atoms with van der Waals surface area (Å²) in [4.78, 5) is 2.38. The molecular weight excluding hydrogens is 775 g/mol. The standard InChI is InChI=1S/C62H59NO/c1-8-61(6,7)44(2)42-58(60(3,4)5)47-30-37-53(38-31-47)64-54-39-32-49(33-40-54)62(48-22-14-10-15-23-48)57-27-19-18-26-55(57)56-41-36-52(43-59(56)62)63(50-24-16-11-17-25-50)51-34-28-46(29-35-51)45-20-12-9-13-21-45/h8-41,43-44,58H,1,42H2,2-7H3/t44-,58?,62?/m0/s1. The van der Waals surface area contributed by atoms with E-state index in [1.165, 1.54) is 50.1 Å². The second-order valence-corrected chi connectivity index (χ2v) is 19.3. The van der Waals surface area contributed by atoms with Crippen molar-refractivity contribution < 1.29 is 4.74 Å². The molecule has 8 aromatic carbocycles. The van der Waals surface area contributed by atoms with Crippen molar-refractivity contribution in [2.75, 3.05) is 4.90 Å². The summed E-state index contributed by atoms with van der Waals surface area (Å²) in [6, 6.07) is 74.8. The van der Waals surface area contributed by atoms with E-state index in [9.17, 15) is 0 Å². The zero-order chi connectivity index (χ0) is 44.5. The van der Waals surface area contributed by atoms with Crippen molar-refractivity contribution in [2.24, 2.45) is 16.7 Å². The van der Waals surface area contributed by atoms with Crippen molar-refractivity contribution in [1.82, 2.24) is 0 Å². The van der Waals surface area contributed by atoms with E-state index in [1.807, 2.05) is 0 Å². The minimum Gasteiger partial charge on any atom is -0.457 e. The molecule has 2 unspecified atom stereocenters. The molecule has 8 aromatic rings. The number of allylic oxidation sites excluding steroid dienone is 1. The van der Waals surface area contributed by atoms with Gasteiger partial charge in [-0.3, -0.25) is 0 Å². The van der Waals surface area contributed by atoms with Crippen LogP contribution in [-0.2, 0) is 5.41 Å². The van der Waals surface area contributed by atoms with Crippen molar-refractivity contribution in [3.05, 3.63) is 247 Å². The number of rotatable bonds is 13. The molecule has 1 aliphatic carbocycles. The highest BCUT2D eigenvalue weighted by Gasteiger charge is 2.46. The first-order valence-corrected chi connectivity index (χ1v) is 22.8. The molecule has 0 saturated heterocycles. The second kappa shape index (κ2) is 17.3. The molecule has 64 heavy (non-hydrogen) atoms. The number of fused-ring (bicyclic) bond motifs is 3. The Morgan fingerprint density at radius 1 is 0.516 bits per heavy atom. The summed E-state index contributed by atoms with van der Waals surface area (Å²) >= 11 is 0. The zero-order valence-corrected chi connectivity index (χ0v) is 38.1. The van der Waals surface area contributed by atoms with Gasteiger partial charge in [0.15, 0.2) is 0 Å². The summed E-state index contributed by atoms with van der Waals surface area (Å²) in [7, 11) is 0. The lowest BCUT2D eigenvalue weighted by Gasteiger charge is -2.37. The number of nitrogens with zero attached hydrogens (tertiary/aromatic N) is 1. The maximum atomic E-state index is 6.61. The third kappa shape index (κ3) is 7.99. The van der Waals surface area contributed by atoms with Gasteiger partial charge < -0.3 is 9.64 Å². The van der Waals surface area contributed by atoms with Crippen molar-refractivity contribution in [1.29, 1.82) is 0 Å². The summed E-state index contributed by atoms with van der Waals surface area (Å²) in [5, 5.41) is 0. The topological polar surface area (TPSA) is 12.5 Å². The van der Waals surface area contributed by atoms with Crippen LogP contribution in [0.25, 0.3) is 22.3 Å². The Kier molecular flexibility index (Phi) is 11.5. The van der Waals surface area contributed by atoms with Gasteiger partial charge in [0.25, 0.3) is 0 Å². The maximum absolute atomic E-state index is 6.61. The van der Waals surface area contributed by atoms with Crippen molar-refractivity contribution >= 4 is 17.1 Å². The molecule has 9 rings (SSSR count). The van der Waals surface area contributed by atoms with Crippen molar-refractivity contribution in [3.63, 3.8) is 0 Å². The highest BCUT2D eigenvalue weighted by atomic mass is 16.5. The maximum Gasteiger partial charge on any atom is 0.127 e. The van der Waals surface area contributed by atoms with Gasteiger partial charge in [-0.1, -0.05) is 193 Å². The Morgan fingerprint density at radius 3 is 1.64 bits per heavy atom. The van der Waals surface area contributed by atoms with E-state index in [0.29, 0.717) is 11.8 Å². The highest BCUT2D eigenvalue weighted by molar-refractivity contribution is 5.89. The van der Waals surface area contributed by atoms with Crippen LogP contribution in [0, 0.1) is 16.7 Å². The Labute approximate surface area is 381 Å². The summed E-state index contributed by atoms with van der Waals surface area (Å²) in [6.45, 7) is 18.1. The van der Waals surface area contributed by atoms with Gasteiger partial charge in [0.05, 0.1) is 5.41 Å². The highest BCUT2D eigenvalue weighted by Crippen LogP contribution is 2.57. The summed E-state index contributed by atoms with van der Waals surface area (Å²) in [5.41, 5.74) is 14.1. The molecule has 2 heteroatoms. The van der Waals surface area contributed by atoms with E-state index in [2.05, 4.69) is 265 Å². The molecule has 0 heterocycles. The van der Waals surface area contributed by atoms with Gasteiger partial charge in [0, 0.05) is 17.1 Å². The molecule has 0 aromatic heterocycles. The van der Waals surface area contributed by atoms with Crippen LogP contribution in [0.2, 0.25) is 0 Å². The first-order valence-electron chi connectivity index (χ1n) is 22.8. The number of anilines is 3. The molecule has 0 saturated carbocycles. The molecule has 1 aliphatic rings. The predicted octanol–water partition coefficient (Wildman–Crippen LogP) is 17.3. The van der Waals surface area contributed by atoms with Crippen molar-refractivity contribution in [2.45, 2.75) is 59.3 Å². The first-order chi connectivity index (χ1) is 31.0. The zero-order valence-electron chi connectivity index (χ0n) is 38.1. The van der Waals surface area contributed by atoms with Gasteiger partial charge in [0.1, 0.15) is 11.5 Å². The molecule has 318 valence electrons. The number of para-hydroxylation sites is 1. The molecule has 0 aliphatic heterocycles. The van der Waals surface area contributed by atoms with Crippen LogP contribution in [0.5, 0.6) is 11.5 Å². The van der Waals surface area contributed by atoms with Crippen molar-refractivity contribution in [3.8, 4) is 33.8 Å². The molecule has 0 fully saturated rings. The predicted molar refractivity (Wildman–Crippen MR) is 270 cm³/mol. The lowest BCUT2D eigenvalue weighted by molar-refractivity contribution is 0.211. The van der Waals surface area contributed by atoms with E-state index in [4.69, 9.17) is 4.74 Å². The SMILES string of the molecule is C=CC(C)(C)[C@@H](C)CC(c1ccc(Oc2ccc(C3(c4ccccc4)c4ccccc4-c4ccc(N(c5ccccc5)c5ccc(-c6ccccc6)cc5)cc43)cc2)cc1)C(C)(C)C. The average molecular weight is 834 g/mol. The lowest BCUT2D eigenvalue weighted by atomic mass is 9.67. The van der Waals surface area contributed by atoms with Crippen LogP contribution >= 0.6 is 0 Å². The monoisotopic (exact) mass is 833 g/mol. The smallest absolute Gasteiger partial charge is 0.127 e. The van der Waals surface area contributed by atoms with E-state index in [0.717, 1.165) is 35.0 Å². The molecule has 0 N–H and O–H groups in total. The van der Waals surface area contributed by atoms with Crippen LogP contribution in [0.15, 0.2) is 219 Å². The van der Waals surface area contributed by atoms with E-state index in [-0.39, 0.29) is 10.8 Å². The van der Waals surface area contributed by atoms with Gasteiger partial charge >= 0.3 is 0 Å². The van der Waals surface area contributed by atoms with Crippen LogP contribution in [0.4, 0.5) is 17.1 Å². The Hall–Kier alpha value is -6.90. The molecular formula is C62H59NO. The summed E-state index contributed by atoms with van der Waals surface area (Å²) in [5.74, 6) is 2.54. The normalized spacial score (nSPS) is 15.4. The van der Waals surface area contributed by atoms with Gasteiger partial charge in [0.2, 0.25) is 0 Å². The van der Waals surface area contributed by atoms with E-state index in [1.54, 1.807) is 0 Å². The fourth-order valence-corrected chi connectivity index (χ4v) is 9.87. The average Bonchev–Trinajstić information content (AvgIpc) is 3.62. The van der Waals surface area contributed by atoms with Crippen LogP contribution in [-0.4, -0.2) is 0 Å². The Balaban J connectivity index is 1.10. The molecule has 0 bridgehead atoms. The largest absolute Gasteiger partial charge is 0.457 e. The number of ether oxygens (including phenoxy) is 1. The number of hydrogen-bond donors (Lipinski definition) is 0. The van der Waals surface area contributed by atoms with Gasteiger partial charge in [-0.25, -0.2) is 0 Å². The fourth-order valence-electron chi connectivity index (χ4n) is 9.87. The third-order valence-corrected chi connectivity index (χ3v) is 14.0. The number of benzene rings is 8. The van der Waals surface area contributed by atoms with E-state index >= 15 is 0 Å². The molecule has 0 spiro atoms. The Bertz CT molecular complexity index is 2840. The number of hydrogen-bond acceptors (Lipinski definition) is 2. The summed E-state index contributed by atoms with van der Waals surface area (Å²) in [6.07, 6.45) is 3.20. The molecule has 3 atom stereocenters. The van der Waals surface area contributed by atoms with E-state index < -0.39 is 5.41 Å². The van der Waals surface area contributed by atoms with Gasteiger partial charge in [-0.2, -0.15) is 0 Å². The first kappa shape index (κ1) is 42.4. The third-order valence-electron chi connectivity index (χ3n) is 14.0. The minimum atomic E-state index is -0.581. The molecule has 2 nitrogen and oxygen atoms in total. The fraction of sp³-hybridized carbons (Fsp3) is 0.194. The quantitative estimate of drug-likeness (QED) is 0.107. The van der Waals surface area contributed by atoms with Gasteiger partial charge in [-0.05, 0) is 140 Å². The summed E-state index contributed by atoms with van der Waals surface area (Å²) < 4.78 is 6.61. The molecule has 0 radical (unpaired) electrons. The van der Waals surface area contributed by atoms with Gasteiger partial charge in [-0.15, -0.1) is 6.58 Å². The molecule has 0 amide bonds. The van der Waals surface area contributed by atoms with Crippen LogP contribution < -0.4 is 9.64 Å².